The van der Waals surface area contributed by atoms with Crippen LogP contribution in [0.3, 0.4) is 0 Å². The minimum Gasteiger partial charge on any atom is -0.450 e. The van der Waals surface area contributed by atoms with Crippen LogP contribution in [-0.2, 0) is 0 Å². The minimum atomic E-state index is 0.646. The summed E-state index contributed by atoms with van der Waals surface area (Å²) in [5.74, 6) is 0. The first-order valence-electron chi connectivity index (χ1n) is 7.75. The van der Waals surface area contributed by atoms with E-state index in [0.29, 0.717) is 5.56 Å². The second-order valence-electron chi connectivity index (χ2n) is 5.70. The van der Waals surface area contributed by atoms with Gasteiger partial charge in [0.1, 0.15) is 0 Å². The van der Waals surface area contributed by atoms with Crippen LogP contribution in [0, 0.1) is 11.3 Å². The number of nitrogens with zero attached hydrogens (tertiary/aromatic N) is 1. The van der Waals surface area contributed by atoms with Gasteiger partial charge in [0, 0.05) is 0 Å². The molecule has 4 rings (SSSR count). The average Bonchev–Trinajstić information content (AvgIpc) is 2.66. The summed E-state index contributed by atoms with van der Waals surface area (Å²) in [5, 5.41) is 23.0. The van der Waals surface area contributed by atoms with Gasteiger partial charge in [-0.1, -0.05) is 60.7 Å². The van der Waals surface area contributed by atoms with E-state index in [2.05, 4.69) is 18.2 Å². The maximum absolute atomic E-state index is 9.80. The highest BCUT2D eigenvalue weighted by atomic mass is 16.2. The largest absolute Gasteiger partial charge is 0.450 e. The van der Waals surface area contributed by atoms with Gasteiger partial charge in [0.15, 0.2) is 0 Å². The molecule has 0 aromatic heterocycles. The molecule has 24 heavy (non-hydrogen) atoms. The SMILES string of the molecule is N#Cc1ccc(-c2c3ccccc3c([B]O)c3ccccc23)cc1. The standard InChI is InChI=1S/C21H13BNO/c23-13-14-9-11-15(12-10-14)20-16-5-1-3-7-18(16)21(22-24)19-8-4-2-6-17(19)20/h1-12,24H. The van der Waals surface area contributed by atoms with E-state index < -0.39 is 0 Å². The molecule has 111 valence electrons. The number of fused-ring (bicyclic) bond motifs is 2. The first kappa shape index (κ1) is 14.5. The van der Waals surface area contributed by atoms with Gasteiger partial charge < -0.3 is 5.02 Å². The van der Waals surface area contributed by atoms with E-state index in [9.17, 15) is 5.02 Å². The zero-order valence-electron chi connectivity index (χ0n) is 12.9. The van der Waals surface area contributed by atoms with Gasteiger partial charge in [-0.25, -0.2) is 0 Å². The summed E-state index contributed by atoms with van der Waals surface area (Å²) in [6.07, 6.45) is 0. The molecule has 0 saturated heterocycles. The molecule has 4 aromatic rings. The van der Waals surface area contributed by atoms with Crippen LogP contribution >= 0.6 is 0 Å². The van der Waals surface area contributed by atoms with Crippen molar-refractivity contribution in [3.05, 3.63) is 78.4 Å². The molecule has 0 bridgehead atoms. The molecule has 0 aliphatic carbocycles. The van der Waals surface area contributed by atoms with Gasteiger partial charge in [-0.15, -0.1) is 0 Å². The molecule has 1 N–H and O–H groups in total. The molecular weight excluding hydrogens is 293 g/mol. The van der Waals surface area contributed by atoms with Gasteiger partial charge in [-0.3, -0.25) is 0 Å². The van der Waals surface area contributed by atoms with Gasteiger partial charge in [-0.05, 0) is 50.3 Å². The summed E-state index contributed by atoms with van der Waals surface area (Å²) in [7, 11) is 1.19. The summed E-state index contributed by atoms with van der Waals surface area (Å²) in [4.78, 5) is 0. The van der Waals surface area contributed by atoms with Crippen molar-refractivity contribution in [2.24, 2.45) is 0 Å². The van der Waals surface area contributed by atoms with Crippen molar-refractivity contribution in [3.8, 4) is 17.2 Å². The molecule has 0 heterocycles. The predicted molar refractivity (Wildman–Crippen MR) is 99.2 cm³/mol. The molecule has 0 spiro atoms. The highest BCUT2D eigenvalue weighted by Crippen LogP contribution is 2.35. The van der Waals surface area contributed by atoms with Gasteiger partial charge in [0.05, 0.1) is 11.6 Å². The molecule has 0 fully saturated rings. The fourth-order valence-corrected chi connectivity index (χ4v) is 3.32. The lowest BCUT2D eigenvalue weighted by atomic mass is 9.77. The smallest absolute Gasteiger partial charge is 0.328 e. The number of nitriles is 1. The first-order valence-corrected chi connectivity index (χ1v) is 7.75. The monoisotopic (exact) mass is 306 g/mol. The van der Waals surface area contributed by atoms with E-state index in [1.165, 1.54) is 7.48 Å². The zero-order valence-corrected chi connectivity index (χ0v) is 12.9. The Labute approximate surface area is 140 Å². The Balaban J connectivity index is 2.18. The molecule has 4 aromatic carbocycles. The summed E-state index contributed by atoms with van der Waals surface area (Å²) in [5.41, 5.74) is 3.66. The number of benzene rings is 4. The van der Waals surface area contributed by atoms with Gasteiger partial charge in [0.2, 0.25) is 0 Å². The maximum Gasteiger partial charge on any atom is 0.328 e. The van der Waals surface area contributed by atoms with E-state index in [1.54, 1.807) is 0 Å². The summed E-state index contributed by atoms with van der Waals surface area (Å²) < 4.78 is 0. The van der Waals surface area contributed by atoms with Gasteiger partial charge >= 0.3 is 7.48 Å². The highest BCUT2D eigenvalue weighted by Gasteiger charge is 2.14. The zero-order chi connectivity index (χ0) is 16.5. The molecule has 0 atom stereocenters. The normalized spacial score (nSPS) is 10.7. The second-order valence-corrected chi connectivity index (χ2v) is 5.70. The van der Waals surface area contributed by atoms with E-state index in [1.807, 2.05) is 60.7 Å². The fourth-order valence-electron chi connectivity index (χ4n) is 3.32. The van der Waals surface area contributed by atoms with Crippen LogP contribution in [0.25, 0.3) is 32.7 Å². The lowest BCUT2D eigenvalue weighted by molar-refractivity contribution is 0.616. The van der Waals surface area contributed by atoms with Crippen molar-refractivity contribution in [2.45, 2.75) is 0 Å². The van der Waals surface area contributed by atoms with Crippen molar-refractivity contribution >= 4 is 34.5 Å². The molecule has 0 unspecified atom stereocenters. The highest BCUT2D eigenvalue weighted by molar-refractivity contribution is 6.55. The third-order valence-electron chi connectivity index (χ3n) is 4.40. The third-order valence-corrected chi connectivity index (χ3v) is 4.40. The predicted octanol–water partition coefficient (Wildman–Crippen LogP) is 3.77. The first-order chi connectivity index (χ1) is 11.8. The number of hydrogen-bond acceptors (Lipinski definition) is 2. The quantitative estimate of drug-likeness (QED) is 0.452. The molecule has 0 saturated carbocycles. The van der Waals surface area contributed by atoms with Crippen molar-refractivity contribution in [2.75, 3.05) is 0 Å². The van der Waals surface area contributed by atoms with Gasteiger partial charge in [0.25, 0.3) is 0 Å². The molecule has 0 amide bonds. The lowest BCUT2D eigenvalue weighted by Gasteiger charge is -2.15. The lowest BCUT2D eigenvalue weighted by Crippen LogP contribution is -2.16. The van der Waals surface area contributed by atoms with Crippen molar-refractivity contribution in [3.63, 3.8) is 0 Å². The van der Waals surface area contributed by atoms with Crippen molar-refractivity contribution < 1.29 is 5.02 Å². The Bertz CT molecular complexity index is 1040. The van der Waals surface area contributed by atoms with E-state index in [-0.39, 0.29) is 0 Å². The third kappa shape index (κ3) is 2.17. The van der Waals surface area contributed by atoms with E-state index in [4.69, 9.17) is 5.26 Å². The van der Waals surface area contributed by atoms with Crippen LogP contribution in [0.5, 0.6) is 0 Å². The van der Waals surface area contributed by atoms with Gasteiger partial charge in [-0.2, -0.15) is 5.26 Å². The molecule has 0 aliphatic heterocycles. The second kappa shape index (κ2) is 5.84. The van der Waals surface area contributed by atoms with Crippen LogP contribution in [0.15, 0.2) is 72.8 Å². The average molecular weight is 306 g/mol. The molecule has 3 heteroatoms. The molecule has 2 nitrogen and oxygen atoms in total. The van der Waals surface area contributed by atoms with Crippen LogP contribution in [-0.4, -0.2) is 12.5 Å². The van der Waals surface area contributed by atoms with E-state index in [0.717, 1.165) is 38.1 Å². The molecular formula is C21H13BNO. The number of rotatable bonds is 2. The Kier molecular flexibility index (Phi) is 3.53. The number of hydrogen-bond donors (Lipinski definition) is 1. The summed E-state index contributed by atoms with van der Waals surface area (Å²) >= 11 is 0. The molecule has 1 radical (unpaired) electrons. The summed E-state index contributed by atoms with van der Waals surface area (Å²) in [6.45, 7) is 0. The van der Waals surface area contributed by atoms with Crippen LogP contribution in [0.4, 0.5) is 0 Å². The Morgan fingerprint density at radius 2 is 1.21 bits per heavy atom. The van der Waals surface area contributed by atoms with Crippen LogP contribution < -0.4 is 5.46 Å². The van der Waals surface area contributed by atoms with Crippen LogP contribution in [0.2, 0.25) is 0 Å². The Morgan fingerprint density at radius 3 is 1.67 bits per heavy atom. The van der Waals surface area contributed by atoms with Crippen LogP contribution in [0.1, 0.15) is 5.56 Å². The van der Waals surface area contributed by atoms with Crippen molar-refractivity contribution in [1.82, 2.24) is 0 Å². The van der Waals surface area contributed by atoms with Crippen molar-refractivity contribution in [1.29, 1.82) is 5.26 Å². The maximum atomic E-state index is 9.80. The minimum absolute atomic E-state index is 0.646. The van der Waals surface area contributed by atoms with E-state index >= 15 is 0 Å². The fraction of sp³-hybridized carbons (Fsp3) is 0. The Hall–Kier alpha value is -3.09. The topological polar surface area (TPSA) is 44.0 Å². The molecule has 0 aliphatic rings. The summed E-state index contributed by atoms with van der Waals surface area (Å²) in [6, 6.07) is 26.0. The Morgan fingerprint density at radius 1 is 0.708 bits per heavy atom.